The van der Waals surface area contributed by atoms with Crippen LogP contribution in [0.2, 0.25) is 0 Å². The number of para-hydroxylation sites is 2. The van der Waals surface area contributed by atoms with Gasteiger partial charge in [0.25, 0.3) is 0 Å². The molecule has 2 aromatic carbocycles. The number of amides is 1. The standard InChI is InChI=1S/C25H27N5O5S2/c31-20(24-28-18-10-4-5-12-21(18)35-24)11-6-7-13-26-23(32)19(16-36-15-17-8-2-1-3-9-17)29-25-27-14-22(37-25)30(33)34/h1-5,8-10,12,14,19-20,31H,6-7,11,13,15-16H2,(H,26,32)(H,27,29)/t19-,20-/m0/s1. The lowest BCUT2D eigenvalue weighted by Crippen LogP contribution is -2.41. The van der Waals surface area contributed by atoms with E-state index in [0.29, 0.717) is 53.7 Å². The van der Waals surface area contributed by atoms with Crippen molar-refractivity contribution in [2.24, 2.45) is 0 Å². The van der Waals surface area contributed by atoms with Gasteiger partial charge < -0.3 is 20.2 Å². The number of hydrogen-bond acceptors (Lipinski definition) is 10. The van der Waals surface area contributed by atoms with Crippen molar-refractivity contribution in [1.82, 2.24) is 15.3 Å². The van der Waals surface area contributed by atoms with Crippen molar-refractivity contribution in [3.05, 3.63) is 82.4 Å². The van der Waals surface area contributed by atoms with Crippen LogP contribution >= 0.6 is 23.1 Å². The van der Waals surface area contributed by atoms with Crippen molar-refractivity contribution >= 4 is 50.2 Å². The lowest BCUT2D eigenvalue weighted by atomic mass is 10.1. The van der Waals surface area contributed by atoms with Gasteiger partial charge in [-0.1, -0.05) is 42.5 Å². The number of nitro groups is 1. The van der Waals surface area contributed by atoms with Crippen LogP contribution in [0.15, 0.2) is 65.2 Å². The van der Waals surface area contributed by atoms with E-state index >= 15 is 0 Å². The fourth-order valence-corrected chi connectivity index (χ4v) is 5.27. The number of thioether (sulfide) groups is 1. The van der Waals surface area contributed by atoms with Gasteiger partial charge in [-0.25, -0.2) is 9.97 Å². The highest BCUT2D eigenvalue weighted by atomic mass is 32.2. The average Bonchev–Trinajstić information content (AvgIpc) is 3.56. The molecule has 2 heterocycles. The molecular formula is C25H27N5O5S2. The number of nitrogens with one attached hydrogen (secondary N) is 2. The Bertz CT molecular complexity index is 1280. The van der Waals surface area contributed by atoms with Crippen LogP contribution in [0.1, 0.15) is 36.8 Å². The maximum absolute atomic E-state index is 12.9. The molecule has 0 aliphatic rings. The minimum Gasteiger partial charge on any atom is -0.438 e. The van der Waals surface area contributed by atoms with Gasteiger partial charge in [-0.05, 0) is 48.3 Å². The topological polar surface area (TPSA) is 143 Å². The van der Waals surface area contributed by atoms with E-state index in [2.05, 4.69) is 20.6 Å². The molecule has 194 valence electrons. The summed E-state index contributed by atoms with van der Waals surface area (Å²) in [7, 11) is 0. The van der Waals surface area contributed by atoms with Gasteiger partial charge in [-0.15, -0.1) is 0 Å². The molecule has 2 aromatic heterocycles. The van der Waals surface area contributed by atoms with Gasteiger partial charge in [-0.3, -0.25) is 14.9 Å². The highest BCUT2D eigenvalue weighted by Crippen LogP contribution is 2.26. The first-order chi connectivity index (χ1) is 18.0. The Morgan fingerprint density at radius 2 is 1.95 bits per heavy atom. The van der Waals surface area contributed by atoms with Crippen LogP contribution in [0.3, 0.4) is 0 Å². The maximum atomic E-state index is 12.9. The second kappa shape index (κ2) is 13.2. The summed E-state index contributed by atoms with van der Waals surface area (Å²) in [5.74, 6) is 1.28. The van der Waals surface area contributed by atoms with Crippen molar-refractivity contribution < 1.29 is 19.2 Å². The van der Waals surface area contributed by atoms with Gasteiger partial charge in [0.1, 0.15) is 23.9 Å². The molecular weight excluding hydrogens is 514 g/mol. The molecule has 0 aliphatic heterocycles. The average molecular weight is 542 g/mol. The Hall–Kier alpha value is -3.48. The monoisotopic (exact) mass is 541 g/mol. The van der Waals surface area contributed by atoms with E-state index in [4.69, 9.17) is 4.42 Å². The summed E-state index contributed by atoms with van der Waals surface area (Å²) in [4.78, 5) is 31.8. The number of nitrogens with zero attached hydrogens (tertiary/aromatic N) is 3. The molecule has 3 N–H and O–H groups in total. The van der Waals surface area contributed by atoms with E-state index in [9.17, 15) is 20.0 Å². The van der Waals surface area contributed by atoms with E-state index in [1.165, 1.54) is 6.20 Å². The summed E-state index contributed by atoms with van der Waals surface area (Å²) in [5.41, 5.74) is 2.49. The smallest absolute Gasteiger partial charge is 0.345 e. The molecule has 12 heteroatoms. The summed E-state index contributed by atoms with van der Waals surface area (Å²) in [6, 6.07) is 16.7. The first-order valence-electron chi connectivity index (χ1n) is 11.8. The number of anilines is 1. The number of oxazole rings is 1. The number of unbranched alkanes of at least 4 members (excludes halogenated alkanes) is 1. The third-order valence-electron chi connectivity index (χ3n) is 5.48. The second-order valence-electron chi connectivity index (χ2n) is 8.28. The number of aliphatic hydroxyl groups excluding tert-OH is 1. The van der Waals surface area contributed by atoms with E-state index in [1.54, 1.807) is 17.8 Å². The van der Waals surface area contributed by atoms with Crippen molar-refractivity contribution in [3.63, 3.8) is 0 Å². The molecule has 0 spiro atoms. The van der Waals surface area contributed by atoms with Crippen LogP contribution in [0.25, 0.3) is 11.1 Å². The van der Waals surface area contributed by atoms with Gasteiger partial charge >= 0.3 is 5.00 Å². The van der Waals surface area contributed by atoms with Crippen LogP contribution in [0, 0.1) is 10.1 Å². The van der Waals surface area contributed by atoms with Crippen LogP contribution < -0.4 is 10.6 Å². The predicted octanol–water partition coefficient (Wildman–Crippen LogP) is 4.93. The number of benzene rings is 2. The fourth-order valence-electron chi connectivity index (χ4n) is 3.57. The van der Waals surface area contributed by atoms with E-state index in [0.717, 1.165) is 22.7 Å². The molecule has 0 saturated heterocycles. The van der Waals surface area contributed by atoms with Crippen molar-refractivity contribution in [3.8, 4) is 0 Å². The summed E-state index contributed by atoms with van der Waals surface area (Å²) in [6.45, 7) is 0.429. The fraction of sp³-hybridized carbons (Fsp3) is 0.320. The number of hydrogen-bond donors (Lipinski definition) is 3. The third-order valence-corrected chi connectivity index (χ3v) is 7.47. The summed E-state index contributed by atoms with van der Waals surface area (Å²) >= 11 is 2.49. The molecule has 0 unspecified atom stereocenters. The highest BCUT2D eigenvalue weighted by Gasteiger charge is 2.21. The molecule has 37 heavy (non-hydrogen) atoms. The Balaban J connectivity index is 1.25. The quantitative estimate of drug-likeness (QED) is 0.115. The summed E-state index contributed by atoms with van der Waals surface area (Å²) < 4.78 is 5.61. The number of aliphatic hydroxyl groups is 1. The van der Waals surface area contributed by atoms with Crippen molar-refractivity contribution in [1.29, 1.82) is 0 Å². The molecule has 0 aliphatic carbocycles. The lowest BCUT2D eigenvalue weighted by molar-refractivity contribution is -0.380. The molecule has 2 atom stereocenters. The van der Waals surface area contributed by atoms with Gasteiger partial charge in [0.05, 0.1) is 4.92 Å². The number of carbonyl (C=O) groups excluding carboxylic acids is 1. The van der Waals surface area contributed by atoms with E-state index < -0.39 is 17.1 Å². The zero-order valence-corrected chi connectivity index (χ0v) is 21.5. The molecule has 4 aromatic rings. The van der Waals surface area contributed by atoms with Crippen molar-refractivity contribution in [2.75, 3.05) is 17.6 Å². The Kier molecular flexibility index (Phi) is 9.46. The Labute approximate surface area is 221 Å². The van der Waals surface area contributed by atoms with Crippen LogP contribution in [0.5, 0.6) is 0 Å². The Morgan fingerprint density at radius 3 is 2.70 bits per heavy atom. The van der Waals surface area contributed by atoms with Crippen LogP contribution in [-0.4, -0.2) is 44.2 Å². The zero-order valence-electron chi connectivity index (χ0n) is 19.9. The predicted molar refractivity (Wildman–Crippen MR) is 145 cm³/mol. The van der Waals surface area contributed by atoms with E-state index in [-0.39, 0.29) is 10.9 Å². The minimum absolute atomic E-state index is 0.0869. The lowest BCUT2D eigenvalue weighted by Gasteiger charge is -2.18. The SMILES string of the molecule is O=C(NCCCC[C@H](O)c1nc2ccccc2o1)[C@H](CSCc1ccccc1)Nc1ncc([N+](=O)[O-])s1. The van der Waals surface area contributed by atoms with Gasteiger partial charge in [0, 0.05) is 18.1 Å². The molecule has 0 saturated carbocycles. The normalized spacial score (nSPS) is 12.8. The number of rotatable bonds is 14. The van der Waals surface area contributed by atoms with Crippen LogP contribution in [0.4, 0.5) is 10.1 Å². The number of aromatic nitrogens is 2. The zero-order chi connectivity index (χ0) is 26.0. The number of thiazole rings is 1. The number of fused-ring (bicyclic) bond motifs is 1. The molecule has 1 amide bonds. The first-order valence-corrected chi connectivity index (χ1v) is 13.8. The highest BCUT2D eigenvalue weighted by molar-refractivity contribution is 7.98. The minimum atomic E-state index is -0.812. The third kappa shape index (κ3) is 7.75. The summed E-state index contributed by atoms with van der Waals surface area (Å²) in [5, 5.41) is 27.6. The second-order valence-corrected chi connectivity index (χ2v) is 10.3. The number of carbonyl (C=O) groups is 1. The molecule has 10 nitrogen and oxygen atoms in total. The van der Waals surface area contributed by atoms with Crippen molar-refractivity contribution in [2.45, 2.75) is 37.2 Å². The van der Waals surface area contributed by atoms with Gasteiger partial charge in [0.15, 0.2) is 10.7 Å². The Morgan fingerprint density at radius 1 is 1.16 bits per heavy atom. The van der Waals surface area contributed by atoms with Gasteiger partial charge in [0.2, 0.25) is 11.8 Å². The maximum Gasteiger partial charge on any atom is 0.345 e. The van der Waals surface area contributed by atoms with Gasteiger partial charge in [-0.2, -0.15) is 11.8 Å². The largest absolute Gasteiger partial charge is 0.438 e. The molecule has 4 rings (SSSR count). The summed E-state index contributed by atoms with van der Waals surface area (Å²) in [6.07, 6.45) is 2.16. The molecule has 0 radical (unpaired) electrons. The molecule has 0 fully saturated rings. The first kappa shape index (κ1) is 26.6. The van der Waals surface area contributed by atoms with E-state index in [1.807, 2.05) is 48.5 Å². The molecule has 0 bridgehead atoms. The van der Waals surface area contributed by atoms with Crippen LogP contribution in [-0.2, 0) is 10.5 Å².